The van der Waals surface area contributed by atoms with Crippen molar-refractivity contribution in [1.82, 2.24) is 20.2 Å². The standard InChI is InChI=1S/C12H14N4O2S2/c17-9(16-4-2-13-3-5-16)7-20-12-14-10(18)8-1-6-19-11(8)15-12/h1,6,13H,2-5,7H2,(H,14,15,18). The highest BCUT2D eigenvalue weighted by molar-refractivity contribution is 7.99. The molecule has 1 fully saturated rings. The molecule has 2 aromatic heterocycles. The molecule has 106 valence electrons. The minimum atomic E-state index is -0.145. The van der Waals surface area contributed by atoms with Crippen LogP contribution in [0.2, 0.25) is 0 Å². The van der Waals surface area contributed by atoms with Crippen molar-refractivity contribution in [2.75, 3.05) is 31.9 Å². The highest BCUT2D eigenvalue weighted by Gasteiger charge is 2.16. The summed E-state index contributed by atoms with van der Waals surface area (Å²) in [5, 5.41) is 6.16. The number of hydrogen-bond donors (Lipinski definition) is 2. The van der Waals surface area contributed by atoms with E-state index in [2.05, 4.69) is 15.3 Å². The van der Waals surface area contributed by atoms with Gasteiger partial charge in [-0.2, -0.15) is 0 Å². The Morgan fingerprint density at radius 2 is 2.25 bits per heavy atom. The van der Waals surface area contributed by atoms with E-state index < -0.39 is 0 Å². The third-order valence-electron chi connectivity index (χ3n) is 3.12. The van der Waals surface area contributed by atoms with Gasteiger partial charge >= 0.3 is 0 Å². The molecular weight excluding hydrogens is 296 g/mol. The second-order valence-corrected chi connectivity index (χ2v) is 6.29. The molecule has 20 heavy (non-hydrogen) atoms. The SMILES string of the molecule is O=C(CSc1nc2sccc2c(=O)[nH]1)N1CCNCC1. The molecular formula is C12H14N4O2S2. The Kier molecular flexibility index (Phi) is 4.04. The predicted octanol–water partition coefficient (Wildman–Crippen LogP) is 0.508. The van der Waals surface area contributed by atoms with Crippen molar-refractivity contribution in [1.29, 1.82) is 0 Å². The number of thiophene rings is 1. The first-order valence-electron chi connectivity index (χ1n) is 6.33. The Balaban J connectivity index is 1.67. The van der Waals surface area contributed by atoms with Crippen molar-refractivity contribution in [3.63, 3.8) is 0 Å². The van der Waals surface area contributed by atoms with Crippen molar-refractivity contribution in [2.24, 2.45) is 0 Å². The molecule has 8 heteroatoms. The Hall–Kier alpha value is -1.38. The van der Waals surface area contributed by atoms with E-state index in [1.807, 2.05) is 10.3 Å². The van der Waals surface area contributed by atoms with Crippen LogP contribution in [0.4, 0.5) is 0 Å². The third-order valence-corrected chi connectivity index (χ3v) is 4.78. The first-order valence-corrected chi connectivity index (χ1v) is 8.19. The fourth-order valence-electron chi connectivity index (χ4n) is 2.05. The summed E-state index contributed by atoms with van der Waals surface area (Å²) in [6, 6.07) is 1.76. The zero-order chi connectivity index (χ0) is 13.9. The van der Waals surface area contributed by atoms with Gasteiger partial charge in [0.25, 0.3) is 5.56 Å². The predicted molar refractivity (Wildman–Crippen MR) is 80.4 cm³/mol. The highest BCUT2D eigenvalue weighted by Crippen LogP contribution is 2.19. The van der Waals surface area contributed by atoms with Crippen LogP contribution in [0, 0.1) is 0 Å². The van der Waals surface area contributed by atoms with E-state index in [4.69, 9.17) is 0 Å². The topological polar surface area (TPSA) is 78.1 Å². The van der Waals surface area contributed by atoms with Gasteiger partial charge in [0, 0.05) is 26.2 Å². The first-order chi connectivity index (χ1) is 9.74. The van der Waals surface area contributed by atoms with Crippen molar-refractivity contribution >= 4 is 39.2 Å². The summed E-state index contributed by atoms with van der Waals surface area (Å²) in [5.41, 5.74) is -0.145. The quantitative estimate of drug-likeness (QED) is 0.638. The van der Waals surface area contributed by atoms with Gasteiger partial charge in [0.1, 0.15) is 4.83 Å². The molecule has 1 aliphatic rings. The second kappa shape index (κ2) is 5.94. The molecule has 6 nitrogen and oxygen atoms in total. The van der Waals surface area contributed by atoms with Gasteiger partial charge < -0.3 is 15.2 Å². The van der Waals surface area contributed by atoms with Gasteiger partial charge in [0.2, 0.25) is 5.91 Å². The lowest BCUT2D eigenvalue weighted by Crippen LogP contribution is -2.47. The van der Waals surface area contributed by atoms with Gasteiger partial charge in [0.05, 0.1) is 11.1 Å². The molecule has 1 amide bonds. The van der Waals surface area contributed by atoms with E-state index in [9.17, 15) is 9.59 Å². The molecule has 1 aliphatic heterocycles. The minimum Gasteiger partial charge on any atom is -0.339 e. The monoisotopic (exact) mass is 310 g/mol. The summed E-state index contributed by atoms with van der Waals surface area (Å²) in [7, 11) is 0. The fraction of sp³-hybridized carbons (Fsp3) is 0.417. The number of aromatic amines is 1. The summed E-state index contributed by atoms with van der Waals surface area (Å²) in [6.45, 7) is 3.17. The van der Waals surface area contributed by atoms with Crippen LogP contribution >= 0.6 is 23.1 Å². The third kappa shape index (κ3) is 2.87. The van der Waals surface area contributed by atoms with E-state index in [0.717, 1.165) is 26.2 Å². The van der Waals surface area contributed by atoms with Crippen LogP contribution < -0.4 is 10.9 Å². The molecule has 0 radical (unpaired) electrons. The Labute approximate surface area is 123 Å². The lowest BCUT2D eigenvalue weighted by Gasteiger charge is -2.27. The number of carbonyl (C=O) groups is 1. The summed E-state index contributed by atoms with van der Waals surface area (Å²) >= 11 is 2.71. The maximum atomic E-state index is 12.0. The van der Waals surface area contributed by atoms with Crippen molar-refractivity contribution in [3.05, 3.63) is 21.8 Å². The minimum absolute atomic E-state index is 0.0884. The number of thioether (sulfide) groups is 1. The average molecular weight is 310 g/mol. The van der Waals surface area contributed by atoms with Crippen LogP contribution in [0.1, 0.15) is 0 Å². The molecule has 0 bridgehead atoms. The largest absolute Gasteiger partial charge is 0.339 e. The van der Waals surface area contributed by atoms with Crippen LogP contribution in [0.5, 0.6) is 0 Å². The summed E-state index contributed by atoms with van der Waals surface area (Å²) in [4.78, 5) is 33.5. The number of nitrogens with one attached hydrogen (secondary N) is 2. The number of nitrogens with zero attached hydrogens (tertiary/aromatic N) is 2. The zero-order valence-corrected chi connectivity index (χ0v) is 12.4. The fourth-order valence-corrected chi connectivity index (χ4v) is 3.64. The van der Waals surface area contributed by atoms with Crippen LogP contribution in [0.3, 0.4) is 0 Å². The van der Waals surface area contributed by atoms with Gasteiger partial charge in [-0.25, -0.2) is 4.98 Å². The van der Waals surface area contributed by atoms with Crippen LogP contribution in [0.15, 0.2) is 21.4 Å². The molecule has 1 saturated heterocycles. The molecule has 2 aromatic rings. The van der Waals surface area contributed by atoms with Gasteiger partial charge in [-0.1, -0.05) is 11.8 Å². The number of hydrogen-bond acceptors (Lipinski definition) is 6. The lowest BCUT2D eigenvalue weighted by molar-refractivity contribution is -0.128. The van der Waals surface area contributed by atoms with E-state index in [1.165, 1.54) is 23.1 Å². The van der Waals surface area contributed by atoms with Crippen LogP contribution in [-0.4, -0.2) is 52.7 Å². The molecule has 0 unspecified atom stereocenters. The number of H-pyrrole nitrogens is 1. The van der Waals surface area contributed by atoms with E-state index >= 15 is 0 Å². The number of carbonyl (C=O) groups excluding carboxylic acids is 1. The number of rotatable bonds is 3. The zero-order valence-electron chi connectivity index (χ0n) is 10.7. The maximum absolute atomic E-state index is 12.0. The second-order valence-electron chi connectivity index (χ2n) is 4.43. The molecule has 3 heterocycles. The Morgan fingerprint density at radius 1 is 1.45 bits per heavy atom. The first kappa shape index (κ1) is 13.6. The number of aromatic nitrogens is 2. The maximum Gasteiger partial charge on any atom is 0.260 e. The van der Waals surface area contributed by atoms with E-state index in [0.29, 0.717) is 21.1 Å². The van der Waals surface area contributed by atoms with Crippen molar-refractivity contribution in [3.8, 4) is 0 Å². The van der Waals surface area contributed by atoms with Gasteiger partial charge in [0.15, 0.2) is 5.16 Å². The smallest absolute Gasteiger partial charge is 0.260 e. The highest BCUT2D eigenvalue weighted by atomic mass is 32.2. The van der Waals surface area contributed by atoms with Crippen LogP contribution in [-0.2, 0) is 4.79 Å². The van der Waals surface area contributed by atoms with Crippen LogP contribution in [0.25, 0.3) is 10.2 Å². The van der Waals surface area contributed by atoms with Crippen molar-refractivity contribution in [2.45, 2.75) is 5.16 Å². The van der Waals surface area contributed by atoms with Crippen molar-refractivity contribution < 1.29 is 4.79 Å². The molecule has 3 rings (SSSR count). The van der Waals surface area contributed by atoms with Gasteiger partial charge in [-0.15, -0.1) is 11.3 Å². The lowest BCUT2D eigenvalue weighted by atomic mass is 10.3. The number of fused-ring (bicyclic) bond motifs is 1. The number of amides is 1. The summed E-state index contributed by atoms with van der Waals surface area (Å²) in [5.74, 6) is 0.394. The normalized spacial score (nSPS) is 15.7. The van der Waals surface area contributed by atoms with E-state index in [-0.39, 0.29) is 11.5 Å². The summed E-state index contributed by atoms with van der Waals surface area (Å²) in [6.07, 6.45) is 0. The molecule has 0 aromatic carbocycles. The number of piperazine rings is 1. The molecule has 0 atom stereocenters. The van der Waals surface area contributed by atoms with Gasteiger partial charge in [-0.3, -0.25) is 9.59 Å². The Bertz CT molecular complexity index is 675. The van der Waals surface area contributed by atoms with Gasteiger partial charge in [-0.05, 0) is 11.4 Å². The van der Waals surface area contributed by atoms with E-state index in [1.54, 1.807) is 6.07 Å². The molecule has 0 saturated carbocycles. The molecule has 0 spiro atoms. The summed E-state index contributed by atoms with van der Waals surface area (Å²) < 4.78 is 0. The Morgan fingerprint density at radius 3 is 3.05 bits per heavy atom. The molecule has 0 aliphatic carbocycles. The molecule has 2 N–H and O–H groups in total. The average Bonchev–Trinajstić information content (AvgIpc) is 2.94.